The minimum atomic E-state index is 0.279. The molecule has 3 nitrogen and oxygen atoms in total. The van der Waals surface area contributed by atoms with Crippen molar-refractivity contribution in [3.63, 3.8) is 0 Å². The summed E-state index contributed by atoms with van der Waals surface area (Å²) in [6.45, 7) is 9.17. The average Bonchev–Trinajstić information content (AvgIpc) is 4.07. The maximum atomic E-state index is 2.61. The van der Waals surface area contributed by atoms with Crippen LogP contribution in [0, 0.1) is 13.8 Å². The molecule has 0 amide bonds. The number of hydrogen-bond donors (Lipinski definition) is 0. The summed E-state index contributed by atoms with van der Waals surface area (Å²) in [7, 11) is 0. The Bertz CT molecular complexity index is 3980. The number of aromatic nitrogens is 3. The fourth-order valence-electron chi connectivity index (χ4n) is 12.4. The van der Waals surface area contributed by atoms with E-state index >= 15 is 0 Å². The Morgan fingerprint density at radius 2 is 0.671 bits per heavy atom. The monoisotopic (exact) mass is 941 g/mol. The van der Waals surface area contributed by atoms with Gasteiger partial charge in [0.15, 0.2) is 0 Å². The summed E-state index contributed by atoms with van der Waals surface area (Å²) in [5.74, 6) is 0.745. The van der Waals surface area contributed by atoms with E-state index in [1.807, 2.05) is 0 Å². The van der Waals surface area contributed by atoms with Crippen LogP contribution in [0.5, 0.6) is 0 Å². The lowest BCUT2D eigenvalue weighted by molar-refractivity contribution is 0.422. The molecule has 3 heterocycles. The molecular weight excluding hydrogens is 883 g/mol. The molecular formula is C70H59N3. The summed E-state index contributed by atoms with van der Waals surface area (Å²) in [6, 6.07) is 86.6. The predicted octanol–water partition coefficient (Wildman–Crippen LogP) is 19.3. The van der Waals surface area contributed by atoms with E-state index in [1.54, 1.807) is 0 Å². The smallest absolute Gasteiger partial charge is 0.0541 e. The lowest BCUT2D eigenvalue weighted by atomic mass is 9.80. The highest BCUT2D eigenvalue weighted by molar-refractivity contribution is 6.11. The fourth-order valence-corrected chi connectivity index (χ4v) is 12.4. The van der Waals surface area contributed by atoms with Gasteiger partial charge in [-0.25, -0.2) is 0 Å². The molecule has 0 saturated carbocycles. The molecule has 13 aromatic rings. The molecule has 73 heavy (non-hydrogen) atoms. The van der Waals surface area contributed by atoms with Crippen molar-refractivity contribution in [2.24, 2.45) is 0 Å². The molecule has 0 fully saturated rings. The minimum Gasteiger partial charge on any atom is -0.338 e. The van der Waals surface area contributed by atoms with Crippen LogP contribution >= 0.6 is 0 Å². The van der Waals surface area contributed by atoms with Gasteiger partial charge in [-0.15, -0.1) is 0 Å². The van der Waals surface area contributed by atoms with Crippen LogP contribution in [0.1, 0.15) is 73.2 Å². The van der Waals surface area contributed by atoms with Gasteiger partial charge in [-0.1, -0.05) is 176 Å². The summed E-state index contributed by atoms with van der Waals surface area (Å²) in [4.78, 5) is 0. The topological polar surface area (TPSA) is 14.8 Å². The van der Waals surface area contributed by atoms with Crippen molar-refractivity contribution in [2.45, 2.75) is 64.8 Å². The highest BCUT2D eigenvalue weighted by atomic mass is 15.0. The Kier molecular flexibility index (Phi) is 11.2. The summed E-state index contributed by atoms with van der Waals surface area (Å²) in [5.41, 5.74) is 20.3. The highest BCUT2D eigenvalue weighted by Crippen LogP contribution is 2.42. The van der Waals surface area contributed by atoms with Crippen LogP contribution in [-0.2, 0) is 0 Å². The molecule has 0 aliphatic rings. The molecule has 0 radical (unpaired) electrons. The Hall–Kier alpha value is -8.40. The predicted molar refractivity (Wildman–Crippen MR) is 311 cm³/mol. The Morgan fingerprint density at radius 3 is 1.08 bits per heavy atom. The van der Waals surface area contributed by atoms with E-state index in [0.717, 1.165) is 19.3 Å². The van der Waals surface area contributed by atoms with Gasteiger partial charge < -0.3 is 13.7 Å². The third kappa shape index (κ3) is 7.83. The van der Waals surface area contributed by atoms with Crippen LogP contribution in [0.3, 0.4) is 0 Å². The van der Waals surface area contributed by atoms with Gasteiger partial charge in [-0.2, -0.15) is 0 Å². The first-order chi connectivity index (χ1) is 35.9. The molecule has 0 N–H and O–H groups in total. The molecule has 3 aromatic heterocycles. The molecule has 0 aliphatic heterocycles. The van der Waals surface area contributed by atoms with Crippen molar-refractivity contribution in [2.75, 3.05) is 0 Å². The van der Waals surface area contributed by atoms with Crippen LogP contribution in [0.25, 0.3) is 99.0 Å². The van der Waals surface area contributed by atoms with Crippen molar-refractivity contribution in [1.82, 2.24) is 13.7 Å². The van der Waals surface area contributed by atoms with Crippen molar-refractivity contribution in [3.8, 4) is 33.6 Å². The zero-order valence-corrected chi connectivity index (χ0v) is 42.1. The quantitative estimate of drug-likeness (QED) is 0.116. The Balaban J connectivity index is 0.800. The summed E-state index contributed by atoms with van der Waals surface area (Å²) >= 11 is 0. The van der Waals surface area contributed by atoms with E-state index in [9.17, 15) is 0 Å². The average molecular weight is 942 g/mol. The number of rotatable bonds is 12. The molecule has 354 valence electrons. The fraction of sp³-hybridized carbons (Fsp3) is 0.143. The van der Waals surface area contributed by atoms with E-state index in [1.165, 1.54) is 121 Å². The number of benzene rings is 10. The van der Waals surface area contributed by atoms with Crippen LogP contribution in [-0.4, -0.2) is 13.7 Å². The van der Waals surface area contributed by atoms with Gasteiger partial charge in [0.1, 0.15) is 0 Å². The molecule has 0 aliphatic carbocycles. The molecule has 0 bridgehead atoms. The minimum absolute atomic E-state index is 0.279. The molecule has 3 unspecified atom stereocenters. The number of para-hydroxylation sites is 4. The zero-order valence-electron chi connectivity index (χ0n) is 42.1. The Labute approximate surface area is 428 Å². The first-order valence-corrected chi connectivity index (χ1v) is 26.3. The first kappa shape index (κ1) is 44.5. The van der Waals surface area contributed by atoms with Crippen molar-refractivity contribution >= 4 is 65.4 Å². The third-order valence-corrected chi connectivity index (χ3v) is 16.1. The second-order valence-corrected chi connectivity index (χ2v) is 20.6. The van der Waals surface area contributed by atoms with Crippen LogP contribution in [0.2, 0.25) is 0 Å². The van der Waals surface area contributed by atoms with Gasteiger partial charge in [0.05, 0.1) is 22.1 Å². The van der Waals surface area contributed by atoms with Gasteiger partial charge in [0.25, 0.3) is 0 Å². The first-order valence-electron chi connectivity index (χ1n) is 26.3. The summed E-state index contributed by atoms with van der Waals surface area (Å²) < 4.78 is 7.42. The van der Waals surface area contributed by atoms with E-state index in [-0.39, 0.29) is 6.04 Å². The van der Waals surface area contributed by atoms with Gasteiger partial charge in [0, 0.05) is 60.8 Å². The largest absolute Gasteiger partial charge is 0.338 e. The van der Waals surface area contributed by atoms with Crippen LogP contribution < -0.4 is 0 Å². The zero-order chi connectivity index (χ0) is 49.2. The number of nitrogens with zero attached hydrogens (tertiary/aromatic N) is 3. The molecule has 3 heteroatoms. The lowest BCUT2D eigenvalue weighted by Crippen LogP contribution is -2.13. The number of hydrogen-bond acceptors (Lipinski definition) is 0. The second-order valence-electron chi connectivity index (χ2n) is 20.6. The second kappa shape index (κ2) is 18.3. The van der Waals surface area contributed by atoms with Crippen LogP contribution in [0.15, 0.2) is 231 Å². The van der Waals surface area contributed by atoms with Gasteiger partial charge in [0.2, 0.25) is 0 Å². The maximum absolute atomic E-state index is 2.61. The highest BCUT2D eigenvalue weighted by Gasteiger charge is 2.25. The molecule has 13 rings (SSSR count). The van der Waals surface area contributed by atoms with Gasteiger partial charge in [-0.3, -0.25) is 0 Å². The summed E-state index contributed by atoms with van der Waals surface area (Å²) in [5, 5.41) is 7.83. The number of fused-ring (bicyclic) bond motifs is 9. The van der Waals surface area contributed by atoms with E-state index in [4.69, 9.17) is 0 Å². The third-order valence-electron chi connectivity index (χ3n) is 16.1. The molecule has 10 aromatic carbocycles. The maximum Gasteiger partial charge on any atom is 0.0541 e. The Morgan fingerprint density at radius 1 is 0.329 bits per heavy atom. The summed E-state index contributed by atoms with van der Waals surface area (Å²) in [6.07, 6.45) is 3.17. The van der Waals surface area contributed by atoms with Crippen molar-refractivity contribution < 1.29 is 0 Å². The molecule has 3 atom stereocenters. The SMILES string of the molecule is CCC(CC(CC(C)n1c2ccccc2c2ccccc21)c1ccc(-c2ccc(-n3c4ccccc4c4ccccc43)cc2)cc1)c1ccc(-c2ccc(-n3c4ccc(C)cc4c4cc(C)ccc43)cc2)cc1. The lowest BCUT2D eigenvalue weighted by Gasteiger charge is -2.28. The molecule has 0 spiro atoms. The van der Waals surface area contributed by atoms with Gasteiger partial charge >= 0.3 is 0 Å². The normalized spacial score (nSPS) is 13.2. The number of aryl methyl sites for hydroxylation is 2. The van der Waals surface area contributed by atoms with E-state index in [2.05, 4.69) is 272 Å². The van der Waals surface area contributed by atoms with E-state index < -0.39 is 0 Å². The standard InChI is InChI=1S/C70H59N3/c1-5-49(50-24-26-51(27-25-50)53-34-38-58(39-35-53)73-69-40-22-46(2)42-63(69)64-43-47(3)23-41-70(64)73)45-56(44-48(4)71-65-18-10-6-14-59(65)60-15-7-11-19-66(60)71)55-30-28-52(29-31-55)54-32-36-57(37-33-54)72-67-20-12-8-16-61(67)62-17-9-13-21-68(62)72/h6-43,48-49,56H,5,44-45H2,1-4H3. The molecule has 0 saturated heterocycles. The van der Waals surface area contributed by atoms with Gasteiger partial charge in [-0.05, 0) is 158 Å². The van der Waals surface area contributed by atoms with Crippen LogP contribution in [0.4, 0.5) is 0 Å². The van der Waals surface area contributed by atoms with E-state index in [0.29, 0.717) is 11.8 Å². The van der Waals surface area contributed by atoms with Crippen molar-refractivity contribution in [1.29, 1.82) is 0 Å². The van der Waals surface area contributed by atoms with Crippen molar-refractivity contribution in [3.05, 3.63) is 253 Å².